The van der Waals surface area contributed by atoms with Crippen LogP contribution in [-0.2, 0) is 26.2 Å². The predicted molar refractivity (Wildman–Crippen MR) is 93.5 cm³/mol. The van der Waals surface area contributed by atoms with Gasteiger partial charge in [0.1, 0.15) is 5.82 Å². The highest BCUT2D eigenvalue weighted by Gasteiger charge is 2.31. The van der Waals surface area contributed by atoms with Gasteiger partial charge in [-0.25, -0.2) is 4.39 Å². The highest BCUT2D eigenvalue weighted by molar-refractivity contribution is 5.85. The number of hydrogen-bond acceptors (Lipinski definition) is 3. The second-order valence-electron chi connectivity index (χ2n) is 6.26. The molecule has 0 heterocycles. The highest BCUT2D eigenvalue weighted by Crippen LogP contribution is 2.24. The third-order valence-electron chi connectivity index (χ3n) is 4.01. The lowest BCUT2D eigenvalue weighted by Gasteiger charge is -2.22. The van der Waals surface area contributed by atoms with E-state index in [1.54, 1.807) is 32.0 Å². The molecule has 2 aromatic carbocycles. The second kappa shape index (κ2) is 8.42. The molecule has 0 aromatic heterocycles. The summed E-state index contributed by atoms with van der Waals surface area (Å²) < 4.78 is 18.6. The second-order valence-corrected chi connectivity index (χ2v) is 6.26. The molecule has 0 radical (unpaired) electrons. The van der Waals surface area contributed by atoms with Crippen molar-refractivity contribution < 1.29 is 18.7 Å². The predicted octanol–water partition coefficient (Wildman–Crippen LogP) is 3.01. The van der Waals surface area contributed by atoms with Crippen LogP contribution in [0.4, 0.5) is 4.39 Å². The number of esters is 1. The number of benzene rings is 2. The molecule has 2 rings (SSSR count). The molecule has 25 heavy (non-hydrogen) atoms. The van der Waals surface area contributed by atoms with Crippen LogP contribution in [0.25, 0.3) is 0 Å². The lowest BCUT2D eigenvalue weighted by Crippen LogP contribution is -2.36. The summed E-state index contributed by atoms with van der Waals surface area (Å²) in [6.07, 6.45) is 0.377. The zero-order valence-electron chi connectivity index (χ0n) is 14.4. The van der Waals surface area contributed by atoms with E-state index in [1.165, 1.54) is 6.07 Å². The maximum absolute atomic E-state index is 13.5. The maximum Gasteiger partial charge on any atom is 0.316 e. The average molecular weight is 343 g/mol. The molecule has 0 atom stereocenters. The molecule has 5 heteroatoms. The van der Waals surface area contributed by atoms with Gasteiger partial charge in [-0.15, -0.1) is 0 Å². The summed E-state index contributed by atoms with van der Waals surface area (Å²) in [7, 11) is 0. The van der Waals surface area contributed by atoms with Crippen LogP contribution in [0.5, 0.6) is 0 Å². The Morgan fingerprint density at radius 2 is 1.68 bits per heavy atom. The Hall–Kier alpha value is -2.69. The SMILES string of the molecule is CC(C)(C(=O)OCC(=O)NCCc1ccccc1F)c1ccccc1. The molecule has 0 aliphatic heterocycles. The number of carbonyl (C=O) groups is 2. The summed E-state index contributed by atoms with van der Waals surface area (Å²) in [5.41, 5.74) is 0.513. The van der Waals surface area contributed by atoms with Crippen LogP contribution < -0.4 is 5.32 Å². The molecule has 0 saturated heterocycles. The molecular formula is C20H22FNO3. The number of ether oxygens (including phenoxy) is 1. The van der Waals surface area contributed by atoms with Crippen LogP contribution in [0.15, 0.2) is 54.6 Å². The molecule has 1 amide bonds. The first-order valence-electron chi connectivity index (χ1n) is 8.14. The molecule has 132 valence electrons. The quantitative estimate of drug-likeness (QED) is 0.786. The van der Waals surface area contributed by atoms with Gasteiger partial charge in [0, 0.05) is 6.54 Å². The van der Waals surface area contributed by atoms with E-state index in [0.717, 1.165) is 5.56 Å². The topological polar surface area (TPSA) is 55.4 Å². The van der Waals surface area contributed by atoms with Crippen molar-refractivity contribution >= 4 is 11.9 Å². The molecule has 1 N–H and O–H groups in total. The molecular weight excluding hydrogens is 321 g/mol. The monoisotopic (exact) mass is 343 g/mol. The van der Waals surface area contributed by atoms with Gasteiger partial charge in [0.25, 0.3) is 5.91 Å². The van der Waals surface area contributed by atoms with Gasteiger partial charge in [-0.1, -0.05) is 48.5 Å². The van der Waals surface area contributed by atoms with Crippen molar-refractivity contribution in [3.8, 4) is 0 Å². The molecule has 0 aliphatic carbocycles. The van der Waals surface area contributed by atoms with Gasteiger partial charge in [-0.3, -0.25) is 9.59 Å². The Morgan fingerprint density at radius 3 is 2.36 bits per heavy atom. The van der Waals surface area contributed by atoms with Crippen LogP contribution in [0.1, 0.15) is 25.0 Å². The van der Waals surface area contributed by atoms with E-state index in [9.17, 15) is 14.0 Å². The number of rotatable bonds is 7. The standard InChI is InChI=1S/C20H22FNO3/c1-20(2,16-9-4-3-5-10-16)19(24)25-14-18(23)22-13-12-15-8-6-7-11-17(15)21/h3-11H,12-14H2,1-2H3,(H,22,23). The van der Waals surface area contributed by atoms with Gasteiger partial charge in [-0.2, -0.15) is 0 Å². The fourth-order valence-electron chi connectivity index (χ4n) is 2.37. The Balaban J connectivity index is 1.78. The summed E-state index contributed by atoms with van der Waals surface area (Å²) in [6.45, 7) is 3.42. The van der Waals surface area contributed by atoms with Gasteiger partial charge in [0.15, 0.2) is 6.61 Å². The molecule has 0 fully saturated rings. The molecule has 0 bridgehead atoms. The lowest BCUT2D eigenvalue weighted by molar-refractivity contribution is -0.153. The minimum Gasteiger partial charge on any atom is -0.455 e. The van der Waals surface area contributed by atoms with Crippen molar-refractivity contribution in [2.45, 2.75) is 25.7 Å². The number of carbonyl (C=O) groups excluding carboxylic acids is 2. The molecule has 2 aromatic rings. The van der Waals surface area contributed by atoms with Gasteiger partial charge < -0.3 is 10.1 Å². The first kappa shape index (κ1) is 18.6. The Bertz CT molecular complexity index is 729. The van der Waals surface area contributed by atoms with E-state index in [2.05, 4.69) is 5.32 Å². The molecule has 0 aliphatic rings. The van der Waals surface area contributed by atoms with Crippen LogP contribution in [0.2, 0.25) is 0 Å². The van der Waals surface area contributed by atoms with E-state index in [1.807, 2.05) is 30.3 Å². The van der Waals surface area contributed by atoms with Crippen molar-refractivity contribution in [2.75, 3.05) is 13.2 Å². The van der Waals surface area contributed by atoms with Crippen LogP contribution >= 0.6 is 0 Å². The number of nitrogens with one attached hydrogen (secondary N) is 1. The minimum absolute atomic E-state index is 0.277. The first-order valence-corrected chi connectivity index (χ1v) is 8.14. The Labute approximate surface area is 147 Å². The van der Waals surface area contributed by atoms with E-state index < -0.39 is 17.3 Å². The van der Waals surface area contributed by atoms with Gasteiger partial charge in [-0.05, 0) is 37.5 Å². The normalized spacial score (nSPS) is 11.0. The van der Waals surface area contributed by atoms with E-state index in [-0.39, 0.29) is 19.0 Å². The summed E-state index contributed by atoms with van der Waals surface area (Å²) in [6, 6.07) is 15.7. The molecule has 0 spiro atoms. The number of hydrogen-bond donors (Lipinski definition) is 1. The fourth-order valence-corrected chi connectivity index (χ4v) is 2.37. The Kier molecular flexibility index (Phi) is 6.28. The summed E-state index contributed by atoms with van der Waals surface area (Å²) >= 11 is 0. The Morgan fingerprint density at radius 1 is 1.04 bits per heavy atom. The van der Waals surface area contributed by atoms with Gasteiger partial charge in [0.05, 0.1) is 5.41 Å². The fraction of sp³-hybridized carbons (Fsp3) is 0.300. The maximum atomic E-state index is 13.5. The summed E-state index contributed by atoms with van der Waals surface area (Å²) in [5.74, 6) is -1.18. The van der Waals surface area contributed by atoms with Crippen LogP contribution in [-0.4, -0.2) is 25.0 Å². The third-order valence-corrected chi connectivity index (χ3v) is 4.01. The molecule has 4 nitrogen and oxygen atoms in total. The van der Waals surface area contributed by atoms with Crippen molar-refractivity contribution in [1.29, 1.82) is 0 Å². The zero-order valence-corrected chi connectivity index (χ0v) is 14.4. The highest BCUT2D eigenvalue weighted by atomic mass is 19.1. The number of halogens is 1. The third kappa shape index (κ3) is 5.14. The number of amides is 1. The van der Waals surface area contributed by atoms with Crippen molar-refractivity contribution in [2.24, 2.45) is 0 Å². The van der Waals surface area contributed by atoms with Crippen LogP contribution in [0.3, 0.4) is 0 Å². The van der Waals surface area contributed by atoms with Gasteiger partial charge in [0.2, 0.25) is 0 Å². The van der Waals surface area contributed by atoms with Crippen LogP contribution in [0, 0.1) is 5.82 Å². The van der Waals surface area contributed by atoms with Crippen molar-refractivity contribution in [3.05, 3.63) is 71.5 Å². The first-order chi connectivity index (χ1) is 11.9. The average Bonchev–Trinajstić information content (AvgIpc) is 2.62. The minimum atomic E-state index is -0.839. The van der Waals surface area contributed by atoms with E-state index >= 15 is 0 Å². The zero-order chi connectivity index (χ0) is 18.3. The largest absolute Gasteiger partial charge is 0.455 e. The smallest absolute Gasteiger partial charge is 0.316 e. The van der Waals surface area contributed by atoms with Crippen molar-refractivity contribution in [1.82, 2.24) is 5.32 Å². The lowest BCUT2D eigenvalue weighted by atomic mass is 9.85. The van der Waals surface area contributed by atoms with Gasteiger partial charge >= 0.3 is 5.97 Å². The van der Waals surface area contributed by atoms with Crippen molar-refractivity contribution in [3.63, 3.8) is 0 Å². The summed E-state index contributed by atoms with van der Waals surface area (Å²) in [5, 5.41) is 2.62. The molecule has 0 saturated carbocycles. The van der Waals surface area contributed by atoms with E-state index in [0.29, 0.717) is 12.0 Å². The summed E-state index contributed by atoms with van der Waals surface area (Å²) in [4.78, 5) is 24.1. The van der Waals surface area contributed by atoms with E-state index in [4.69, 9.17) is 4.74 Å². The molecule has 0 unspecified atom stereocenters.